The summed E-state index contributed by atoms with van der Waals surface area (Å²) in [5.74, 6) is -2.57. The van der Waals surface area contributed by atoms with Crippen LogP contribution in [0.15, 0.2) is 46.8 Å². The van der Waals surface area contributed by atoms with Crippen LogP contribution in [-0.4, -0.2) is 41.8 Å². The number of nitrogens with one attached hydrogen (secondary N) is 1. The molecule has 2 N–H and O–H groups in total. The summed E-state index contributed by atoms with van der Waals surface area (Å²) in [6.45, 7) is 4.43. The molecule has 0 amide bonds. The molecule has 1 aliphatic heterocycles. The number of para-hydroxylation sites is 1. The zero-order valence-electron chi connectivity index (χ0n) is 16.0. The van der Waals surface area contributed by atoms with Gasteiger partial charge < -0.3 is 19.9 Å². The Kier molecular flexibility index (Phi) is 6.53. The number of carbonyl (C=O) groups is 2. The normalized spacial score (nSPS) is 17.7. The second kappa shape index (κ2) is 8.66. The largest absolute Gasteiger partial charge is 0.466 e. The van der Waals surface area contributed by atoms with Crippen LogP contribution in [0.2, 0.25) is 0 Å². The zero-order valence-corrected chi connectivity index (χ0v) is 16.0. The minimum Gasteiger partial charge on any atom is -0.466 e. The molecule has 0 fully saturated rings. The number of allylic oxidation sites excluding steroid dienone is 2. The van der Waals surface area contributed by atoms with Gasteiger partial charge in [0.05, 0.1) is 35.2 Å². The first-order valence-corrected chi connectivity index (χ1v) is 8.54. The molecule has 150 valence electrons. The number of aliphatic hydroxyl groups excluding tert-OH is 1. The highest BCUT2D eigenvalue weighted by atomic mass is 16.6. The number of ether oxygens (including phenoxy) is 2. The molecule has 0 bridgehead atoms. The highest BCUT2D eigenvalue weighted by molar-refractivity contribution is 6.00. The smallest absolute Gasteiger partial charge is 0.336 e. The first kappa shape index (κ1) is 21.1. The molecule has 0 spiro atoms. The van der Waals surface area contributed by atoms with E-state index in [1.807, 2.05) is 0 Å². The van der Waals surface area contributed by atoms with Crippen molar-refractivity contribution in [2.45, 2.75) is 32.8 Å². The quantitative estimate of drug-likeness (QED) is 0.428. The van der Waals surface area contributed by atoms with Crippen molar-refractivity contribution >= 4 is 17.6 Å². The van der Waals surface area contributed by atoms with Crippen LogP contribution >= 0.6 is 0 Å². The number of hydrogen-bond acceptors (Lipinski definition) is 8. The average Bonchev–Trinajstić information content (AvgIpc) is 2.64. The minimum atomic E-state index is -1.06. The van der Waals surface area contributed by atoms with Gasteiger partial charge in [0.2, 0.25) is 0 Å². The van der Waals surface area contributed by atoms with Gasteiger partial charge in [0.1, 0.15) is 6.61 Å². The first-order chi connectivity index (χ1) is 13.2. The topological polar surface area (TPSA) is 128 Å². The van der Waals surface area contributed by atoms with Crippen molar-refractivity contribution < 1.29 is 29.1 Å². The van der Waals surface area contributed by atoms with Crippen molar-refractivity contribution in [2.75, 3.05) is 13.7 Å². The maximum atomic E-state index is 12.8. The molecular formula is C19H22N2O7. The lowest BCUT2D eigenvalue weighted by Gasteiger charge is -2.30. The third kappa shape index (κ3) is 4.20. The van der Waals surface area contributed by atoms with Crippen LogP contribution in [0.3, 0.4) is 0 Å². The van der Waals surface area contributed by atoms with Gasteiger partial charge in [0, 0.05) is 23.0 Å². The lowest BCUT2D eigenvalue weighted by molar-refractivity contribution is -0.385. The molecule has 1 aromatic carbocycles. The predicted molar refractivity (Wildman–Crippen MR) is 99.0 cm³/mol. The van der Waals surface area contributed by atoms with Gasteiger partial charge in [-0.3, -0.25) is 10.1 Å². The van der Waals surface area contributed by atoms with Gasteiger partial charge in [-0.1, -0.05) is 18.2 Å². The summed E-state index contributed by atoms with van der Waals surface area (Å²) in [7, 11) is 1.19. The van der Waals surface area contributed by atoms with Gasteiger partial charge in [-0.25, -0.2) is 9.59 Å². The second-order valence-electron chi connectivity index (χ2n) is 6.39. The maximum Gasteiger partial charge on any atom is 0.336 e. The van der Waals surface area contributed by atoms with Crippen molar-refractivity contribution in [3.63, 3.8) is 0 Å². The molecule has 1 heterocycles. The third-order valence-electron chi connectivity index (χ3n) is 4.29. The maximum absolute atomic E-state index is 12.8. The van der Waals surface area contributed by atoms with Crippen LogP contribution in [-0.2, 0) is 19.1 Å². The average molecular weight is 390 g/mol. The minimum absolute atomic E-state index is 0.0425. The van der Waals surface area contributed by atoms with E-state index in [9.17, 15) is 24.8 Å². The fourth-order valence-electron chi connectivity index (χ4n) is 3.13. The highest BCUT2D eigenvalue weighted by Gasteiger charge is 2.40. The van der Waals surface area contributed by atoms with Crippen molar-refractivity contribution in [2.24, 2.45) is 0 Å². The molecule has 28 heavy (non-hydrogen) atoms. The fourth-order valence-corrected chi connectivity index (χ4v) is 3.13. The Morgan fingerprint density at radius 2 is 1.79 bits per heavy atom. The number of esters is 2. The zero-order chi connectivity index (χ0) is 21.0. The van der Waals surface area contributed by atoms with Crippen LogP contribution in [0.4, 0.5) is 5.69 Å². The molecule has 1 unspecified atom stereocenters. The molecule has 0 radical (unpaired) electrons. The summed E-state index contributed by atoms with van der Waals surface area (Å²) in [5.41, 5.74) is 0.852. The Morgan fingerprint density at radius 3 is 2.32 bits per heavy atom. The van der Waals surface area contributed by atoms with Crippen molar-refractivity contribution in [3.05, 3.63) is 62.5 Å². The Hall–Kier alpha value is -3.20. The summed E-state index contributed by atoms with van der Waals surface area (Å²) in [5, 5.41) is 23.9. The van der Waals surface area contributed by atoms with Gasteiger partial charge in [-0.05, 0) is 20.8 Å². The molecule has 9 nitrogen and oxygen atoms in total. The lowest BCUT2D eigenvalue weighted by Crippen LogP contribution is -2.33. The van der Waals surface area contributed by atoms with E-state index in [1.54, 1.807) is 19.9 Å². The van der Waals surface area contributed by atoms with E-state index < -0.39 is 28.9 Å². The molecule has 2 rings (SSSR count). The number of carbonyl (C=O) groups excluding carboxylic acids is 2. The number of nitrogens with zero attached hydrogens (tertiary/aromatic N) is 1. The van der Waals surface area contributed by atoms with Crippen molar-refractivity contribution in [1.29, 1.82) is 0 Å². The monoisotopic (exact) mass is 390 g/mol. The number of benzene rings is 1. The van der Waals surface area contributed by atoms with E-state index in [2.05, 4.69) is 5.32 Å². The fraction of sp³-hybridized carbons (Fsp3) is 0.368. The number of nitro benzene ring substituents is 1. The Balaban J connectivity index is 2.69. The number of methoxy groups -OCH3 is 1. The summed E-state index contributed by atoms with van der Waals surface area (Å²) < 4.78 is 9.98. The molecular weight excluding hydrogens is 368 g/mol. The molecule has 9 heteroatoms. The van der Waals surface area contributed by atoms with Crippen LogP contribution in [0, 0.1) is 10.1 Å². The number of dihydropyridines is 1. The molecule has 0 saturated carbocycles. The number of rotatable bonds is 6. The third-order valence-corrected chi connectivity index (χ3v) is 4.29. The first-order valence-electron chi connectivity index (χ1n) is 8.54. The summed E-state index contributed by atoms with van der Waals surface area (Å²) in [6.07, 6.45) is -0.886. The van der Waals surface area contributed by atoms with Crippen LogP contribution in [0.25, 0.3) is 0 Å². The van der Waals surface area contributed by atoms with Crippen LogP contribution < -0.4 is 5.32 Å². The van der Waals surface area contributed by atoms with Gasteiger partial charge in [0.25, 0.3) is 5.69 Å². The Morgan fingerprint density at radius 1 is 1.21 bits per heavy atom. The number of hydrogen-bond donors (Lipinski definition) is 2. The van der Waals surface area contributed by atoms with E-state index in [-0.39, 0.29) is 29.0 Å². The number of nitro groups is 1. The molecule has 1 aliphatic rings. The second-order valence-corrected chi connectivity index (χ2v) is 6.39. The highest BCUT2D eigenvalue weighted by Crippen LogP contribution is 2.42. The Bertz CT molecular complexity index is 871. The molecule has 0 aromatic heterocycles. The summed E-state index contributed by atoms with van der Waals surface area (Å²) in [4.78, 5) is 36.2. The van der Waals surface area contributed by atoms with E-state index in [0.29, 0.717) is 11.4 Å². The van der Waals surface area contributed by atoms with Crippen LogP contribution in [0.1, 0.15) is 32.3 Å². The molecule has 0 saturated heterocycles. The van der Waals surface area contributed by atoms with Crippen molar-refractivity contribution in [3.8, 4) is 0 Å². The predicted octanol–water partition coefficient (Wildman–Crippen LogP) is 1.93. The molecule has 1 aromatic rings. The summed E-state index contributed by atoms with van der Waals surface area (Å²) >= 11 is 0. The standard InChI is InChI=1S/C19H22N2O7/c1-10(22)9-28-19(24)16-12(3)20-11(2)15(18(23)27-4)17(16)13-7-5-6-8-14(13)21(25)26/h5-8,10,17,20,22H,9H2,1-4H3/t10-,17?/m1/s1. The SMILES string of the molecule is COC(=O)C1=C(C)NC(C)=C(C(=O)OC[C@@H](C)O)C1c1ccccc1[N+](=O)[O-]. The lowest BCUT2D eigenvalue weighted by atomic mass is 9.79. The molecule has 2 atom stereocenters. The Labute approximate surface area is 161 Å². The summed E-state index contributed by atoms with van der Waals surface area (Å²) in [6, 6.07) is 5.87. The van der Waals surface area contributed by atoms with Gasteiger partial charge in [-0.15, -0.1) is 0 Å². The number of aliphatic hydroxyl groups is 1. The van der Waals surface area contributed by atoms with E-state index in [0.717, 1.165) is 0 Å². The van der Waals surface area contributed by atoms with Crippen molar-refractivity contribution in [1.82, 2.24) is 5.32 Å². The van der Waals surface area contributed by atoms with Gasteiger partial charge in [-0.2, -0.15) is 0 Å². The van der Waals surface area contributed by atoms with Gasteiger partial charge in [0.15, 0.2) is 0 Å². The van der Waals surface area contributed by atoms with E-state index in [1.165, 1.54) is 32.2 Å². The van der Waals surface area contributed by atoms with Gasteiger partial charge >= 0.3 is 11.9 Å². The molecule has 0 aliphatic carbocycles. The van der Waals surface area contributed by atoms with E-state index >= 15 is 0 Å². The van der Waals surface area contributed by atoms with E-state index in [4.69, 9.17) is 9.47 Å². The van der Waals surface area contributed by atoms with Crippen LogP contribution in [0.5, 0.6) is 0 Å².